The van der Waals surface area contributed by atoms with E-state index < -0.39 is 0 Å². The standard InChI is InChI=1S/C37H71NO/c1-4-7-10-12-14-15-16-17-18-19-20-21-22-23-24-25-26-28-30-32-35-37(39)38-36(33-9-6-3)34-31-29-27-13-11-8-5-2/h6,9,33H,4-5,7-8,10-32,34-35H2,1-3H3,(H,38,39). The molecule has 0 atom stereocenters. The van der Waals surface area contributed by atoms with Crippen LogP contribution in [-0.2, 0) is 4.79 Å². The predicted molar refractivity (Wildman–Crippen MR) is 176 cm³/mol. The predicted octanol–water partition coefficient (Wildman–Crippen LogP) is 12.9. The van der Waals surface area contributed by atoms with Gasteiger partial charge in [-0.3, -0.25) is 4.79 Å². The molecule has 0 unspecified atom stereocenters. The second-order valence-electron chi connectivity index (χ2n) is 12.1. The van der Waals surface area contributed by atoms with Gasteiger partial charge in [0.1, 0.15) is 0 Å². The summed E-state index contributed by atoms with van der Waals surface area (Å²) in [5, 5.41) is 3.19. The molecule has 0 rings (SSSR count). The van der Waals surface area contributed by atoms with Crippen molar-refractivity contribution in [3.63, 3.8) is 0 Å². The van der Waals surface area contributed by atoms with Gasteiger partial charge in [0.15, 0.2) is 0 Å². The minimum absolute atomic E-state index is 0.205. The second-order valence-corrected chi connectivity index (χ2v) is 12.1. The fraction of sp³-hybridized carbons (Fsp3) is 0.865. The highest BCUT2D eigenvalue weighted by molar-refractivity contribution is 5.77. The van der Waals surface area contributed by atoms with E-state index in [0.29, 0.717) is 6.42 Å². The van der Waals surface area contributed by atoms with Crippen LogP contribution in [0.15, 0.2) is 23.9 Å². The molecule has 0 aliphatic carbocycles. The van der Waals surface area contributed by atoms with E-state index in [-0.39, 0.29) is 5.91 Å². The zero-order valence-electron chi connectivity index (χ0n) is 27.1. The molecule has 0 aromatic heterocycles. The lowest BCUT2D eigenvalue weighted by Gasteiger charge is -2.10. The van der Waals surface area contributed by atoms with Gasteiger partial charge in [0, 0.05) is 12.1 Å². The van der Waals surface area contributed by atoms with Crippen LogP contribution in [0.5, 0.6) is 0 Å². The zero-order valence-corrected chi connectivity index (χ0v) is 27.1. The van der Waals surface area contributed by atoms with Gasteiger partial charge < -0.3 is 5.32 Å². The molecule has 0 spiro atoms. The summed E-state index contributed by atoms with van der Waals surface area (Å²) in [7, 11) is 0. The summed E-state index contributed by atoms with van der Waals surface area (Å²) >= 11 is 0. The number of amides is 1. The molecule has 0 aliphatic heterocycles. The summed E-state index contributed by atoms with van der Waals surface area (Å²) in [4.78, 5) is 12.4. The summed E-state index contributed by atoms with van der Waals surface area (Å²) < 4.78 is 0. The largest absolute Gasteiger partial charge is 0.330 e. The maximum Gasteiger partial charge on any atom is 0.224 e. The monoisotopic (exact) mass is 546 g/mol. The summed E-state index contributed by atoms with van der Waals surface area (Å²) in [5.41, 5.74) is 1.10. The molecule has 1 amide bonds. The summed E-state index contributed by atoms with van der Waals surface area (Å²) in [6.45, 7) is 6.59. The molecule has 0 fully saturated rings. The Labute approximate surface area is 246 Å². The fourth-order valence-corrected chi connectivity index (χ4v) is 5.45. The summed E-state index contributed by atoms with van der Waals surface area (Å²) in [6, 6.07) is 0. The van der Waals surface area contributed by atoms with E-state index in [0.717, 1.165) is 18.5 Å². The minimum Gasteiger partial charge on any atom is -0.330 e. The zero-order chi connectivity index (χ0) is 28.5. The molecular formula is C37H71NO. The van der Waals surface area contributed by atoms with Crippen molar-refractivity contribution in [2.75, 3.05) is 0 Å². The number of hydrogen-bond acceptors (Lipinski definition) is 1. The Morgan fingerprint density at radius 3 is 1.10 bits per heavy atom. The third kappa shape index (κ3) is 31.3. The van der Waals surface area contributed by atoms with E-state index in [1.807, 2.05) is 13.0 Å². The van der Waals surface area contributed by atoms with E-state index in [1.54, 1.807) is 0 Å². The van der Waals surface area contributed by atoms with Gasteiger partial charge in [0.25, 0.3) is 0 Å². The molecule has 0 bridgehead atoms. The average Bonchev–Trinajstić information content (AvgIpc) is 2.94. The topological polar surface area (TPSA) is 29.1 Å². The van der Waals surface area contributed by atoms with Crippen molar-refractivity contribution >= 4 is 5.91 Å². The molecule has 0 saturated heterocycles. The van der Waals surface area contributed by atoms with Crippen molar-refractivity contribution in [3.05, 3.63) is 23.9 Å². The Hall–Kier alpha value is -1.05. The van der Waals surface area contributed by atoms with Crippen molar-refractivity contribution in [2.45, 2.75) is 207 Å². The normalized spacial score (nSPS) is 12.0. The molecule has 0 heterocycles. The Bertz CT molecular complexity index is 550. The smallest absolute Gasteiger partial charge is 0.224 e. The first kappa shape index (κ1) is 38.0. The molecule has 230 valence electrons. The summed E-state index contributed by atoms with van der Waals surface area (Å²) in [6.07, 6.45) is 44.8. The van der Waals surface area contributed by atoms with Crippen molar-refractivity contribution in [2.24, 2.45) is 0 Å². The molecule has 1 N–H and O–H groups in total. The third-order valence-corrected chi connectivity index (χ3v) is 8.10. The van der Waals surface area contributed by atoms with E-state index in [2.05, 4.69) is 31.3 Å². The van der Waals surface area contributed by atoms with Gasteiger partial charge in [-0.25, -0.2) is 0 Å². The molecule has 0 radical (unpaired) electrons. The van der Waals surface area contributed by atoms with Crippen molar-refractivity contribution < 1.29 is 4.79 Å². The Morgan fingerprint density at radius 2 is 0.769 bits per heavy atom. The van der Waals surface area contributed by atoms with Crippen LogP contribution in [-0.4, -0.2) is 5.91 Å². The molecule has 39 heavy (non-hydrogen) atoms. The lowest BCUT2D eigenvalue weighted by molar-refractivity contribution is -0.120. The first-order valence-electron chi connectivity index (χ1n) is 17.9. The van der Waals surface area contributed by atoms with Crippen LogP contribution in [0.2, 0.25) is 0 Å². The first-order valence-corrected chi connectivity index (χ1v) is 17.9. The second kappa shape index (κ2) is 33.2. The number of nitrogens with one attached hydrogen (secondary N) is 1. The number of allylic oxidation sites excluding steroid dienone is 4. The van der Waals surface area contributed by atoms with Crippen LogP contribution < -0.4 is 5.32 Å². The highest BCUT2D eigenvalue weighted by Crippen LogP contribution is 2.16. The van der Waals surface area contributed by atoms with E-state index in [4.69, 9.17) is 0 Å². The Morgan fingerprint density at radius 1 is 0.462 bits per heavy atom. The highest BCUT2D eigenvalue weighted by atomic mass is 16.1. The van der Waals surface area contributed by atoms with Crippen molar-refractivity contribution in [1.29, 1.82) is 0 Å². The quantitative estimate of drug-likeness (QED) is 0.0681. The molecule has 0 aromatic carbocycles. The maximum atomic E-state index is 12.4. The molecule has 0 saturated carbocycles. The maximum absolute atomic E-state index is 12.4. The summed E-state index contributed by atoms with van der Waals surface area (Å²) in [5.74, 6) is 0.205. The fourth-order valence-electron chi connectivity index (χ4n) is 5.45. The average molecular weight is 546 g/mol. The van der Waals surface area contributed by atoms with Gasteiger partial charge in [0.05, 0.1) is 0 Å². The van der Waals surface area contributed by atoms with Gasteiger partial charge in [-0.15, -0.1) is 0 Å². The number of hydrogen-bond donors (Lipinski definition) is 1. The van der Waals surface area contributed by atoms with E-state index >= 15 is 0 Å². The molecular weight excluding hydrogens is 474 g/mol. The van der Waals surface area contributed by atoms with Crippen LogP contribution in [0, 0.1) is 0 Å². The Kier molecular flexibility index (Phi) is 32.3. The van der Waals surface area contributed by atoms with Crippen LogP contribution in [0.4, 0.5) is 0 Å². The first-order chi connectivity index (χ1) is 19.2. The minimum atomic E-state index is 0.205. The van der Waals surface area contributed by atoms with Crippen molar-refractivity contribution in [3.8, 4) is 0 Å². The lowest BCUT2D eigenvalue weighted by Crippen LogP contribution is -2.22. The Balaban J connectivity index is 3.51. The van der Waals surface area contributed by atoms with Crippen LogP contribution in [0.25, 0.3) is 0 Å². The molecule has 0 aliphatic rings. The van der Waals surface area contributed by atoms with Gasteiger partial charge in [-0.05, 0) is 32.3 Å². The molecule has 2 nitrogen and oxygen atoms in total. The van der Waals surface area contributed by atoms with Gasteiger partial charge in [-0.1, -0.05) is 187 Å². The van der Waals surface area contributed by atoms with Crippen LogP contribution in [0.3, 0.4) is 0 Å². The SMILES string of the molecule is CC=CC=C(CCCCCCCCC)NC(=O)CCCCCCCCCCCCCCCCCCCCCC. The molecule has 0 aromatic rings. The van der Waals surface area contributed by atoms with Crippen LogP contribution >= 0.6 is 0 Å². The number of carbonyl (C=O) groups is 1. The van der Waals surface area contributed by atoms with Gasteiger partial charge in [-0.2, -0.15) is 0 Å². The third-order valence-electron chi connectivity index (χ3n) is 8.10. The number of carbonyl (C=O) groups excluding carboxylic acids is 1. The van der Waals surface area contributed by atoms with E-state index in [9.17, 15) is 4.79 Å². The number of unbranched alkanes of at least 4 members (excludes halogenated alkanes) is 25. The number of rotatable bonds is 31. The lowest BCUT2D eigenvalue weighted by atomic mass is 10.0. The van der Waals surface area contributed by atoms with E-state index in [1.165, 1.54) is 167 Å². The van der Waals surface area contributed by atoms with Gasteiger partial charge in [0.2, 0.25) is 5.91 Å². The highest BCUT2D eigenvalue weighted by Gasteiger charge is 2.05. The van der Waals surface area contributed by atoms with Crippen molar-refractivity contribution in [1.82, 2.24) is 5.32 Å². The van der Waals surface area contributed by atoms with Crippen LogP contribution in [0.1, 0.15) is 207 Å². The molecule has 2 heteroatoms. The van der Waals surface area contributed by atoms with Gasteiger partial charge >= 0.3 is 0 Å².